The summed E-state index contributed by atoms with van der Waals surface area (Å²) in [4.78, 5) is 17.6. The van der Waals surface area contributed by atoms with E-state index in [1.807, 2.05) is 60.7 Å². The summed E-state index contributed by atoms with van der Waals surface area (Å²) >= 11 is 5.99. The maximum atomic E-state index is 12.9. The molecule has 0 aliphatic heterocycles. The van der Waals surface area contributed by atoms with Crippen LogP contribution in [0.3, 0.4) is 0 Å². The molecule has 30 heavy (non-hydrogen) atoms. The molecule has 0 aliphatic rings. The number of hydrogen-bond acceptors (Lipinski definition) is 4. The fourth-order valence-corrected chi connectivity index (χ4v) is 3.21. The van der Waals surface area contributed by atoms with Gasteiger partial charge in [-0.2, -0.15) is 5.10 Å². The molecule has 6 heteroatoms. The summed E-state index contributed by atoms with van der Waals surface area (Å²) in [7, 11) is 1.60. The van der Waals surface area contributed by atoms with Crippen LogP contribution in [-0.2, 0) is 0 Å². The lowest BCUT2D eigenvalue weighted by Gasteiger charge is -2.09. The first-order chi connectivity index (χ1) is 14.6. The molecule has 4 aromatic rings. The number of nitrogens with zero attached hydrogens (tertiary/aromatic N) is 2. The number of ether oxygens (including phenoxy) is 1. The van der Waals surface area contributed by atoms with E-state index in [1.165, 1.54) is 0 Å². The Morgan fingerprint density at radius 1 is 1.03 bits per heavy atom. The topological polar surface area (TPSA) is 63.6 Å². The van der Waals surface area contributed by atoms with Gasteiger partial charge in [0.1, 0.15) is 5.75 Å². The average molecular weight is 416 g/mol. The van der Waals surface area contributed by atoms with Crippen LogP contribution in [0.2, 0.25) is 5.02 Å². The Hall–Kier alpha value is -3.70. The Balaban J connectivity index is 1.65. The molecule has 3 aromatic carbocycles. The van der Waals surface area contributed by atoms with Gasteiger partial charge in [-0.25, -0.2) is 10.4 Å². The van der Waals surface area contributed by atoms with Crippen molar-refractivity contribution in [3.8, 4) is 17.0 Å². The number of pyridine rings is 1. The SMILES string of the molecule is COc1cccc(/C=N\NC(=O)c2cc(-c3ccc(Cl)cc3)nc3ccccc23)c1. The number of carbonyl (C=O) groups is 1. The summed E-state index contributed by atoms with van der Waals surface area (Å²) in [5, 5.41) is 5.49. The van der Waals surface area contributed by atoms with Crippen molar-refractivity contribution in [2.24, 2.45) is 5.10 Å². The fraction of sp³-hybridized carbons (Fsp3) is 0.0417. The van der Waals surface area contributed by atoms with Crippen molar-refractivity contribution >= 4 is 34.6 Å². The molecule has 5 nitrogen and oxygen atoms in total. The van der Waals surface area contributed by atoms with Crippen LogP contribution in [-0.4, -0.2) is 24.2 Å². The lowest BCUT2D eigenvalue weighted by Crippen LogP contribution is -2.18. The quantitative estimate of drug-likeness (QED) is 0.354. The van der Waals surface area contributed by atoms with Crippen molar-refractivity contribution < 1.29 is 9.53 Å². The highest BCUT2D eigenvalue weighted by Gasteiger charge is 2.13. The summed E-state index contributed by atoms with van der Waals surface area (Å²) in [6.07, 6.45) is 1.57. The number of halogens is 1. The van der Waals surface area contributed by atoms with Crippen LogP contribution in [0, 0.1) is 0 Å². The normalized spacial score (nSPS) is 11.0. The predicted octanol–water partition coefficient (Wildman–Crippen LogP) is 5.33. The molecule has 1 N–H and O–H groups in total. The molecule has 0 fully saturated rings. The van der Waals surface area contributed by atoms with Crippen LogP contribution in [0.15, 0.2) is 84.0 Å². The van der Waals surface area contributed by atoms with E-state index in [2.05, 4.69) is 15.5 Å². The van der Waals surface area contributed by atoms with E-state index in [4.69, 9.17) is 16.3 Å². The predicted molar refractivity (Wildman–Crippen MR) is 120 cm³/mol. The zero-order valence-corrected chi connectivity index (χ0v) is 16.9. The third-order valence-electron chi connectivity index (χ3n) is 4.57. The third-order valence-corrected chi connectivity index (χ3v) is 4.83. The van der Waals surface area contributed by atoms with Crippen LogP contribution in [0.4, 0.5) is 0 Å². The molecule has 0 aliphatic carbocycles. The molecule has 0 saturated carbocycles. The Morgan fingerprint density at radius 3 is 2.63 bits per heavy atom. The molecule has 0 radical (unpaired) electrons. The number of para-hydroxylation sites is 1. The van der Waals surface area contributed by atoms with E-state index in [-0.39, 0.29) is 5.91 Å². The minimum atomic E-state index is -0.317. The van der Waals surface area contributed by atoms with Crippen LogP contribution in [0.5, 0.6) is 5.75 Å². The van der Waals surface area contributed by atoms with Crippen molar-refractivity contribution in [1.82, 2.24) is 10.4 Å². The summed E-state index contributed by atoms with van der Waals surface area (Å²) in [6.45, 7) is 0. The Bertz CT molecular complexity index is 1240. The van der Waals surface area contributed by atoms with Gasteiger partial charge in [0.05, 0.1) is 30.1 Å². The van der Waals surface area contributed by atoms with Gasteiger partial charge in [-0.1, -0.05) is 54.1 Å². The van der Waals surface area contributed by atoms with Gasteiger partial charge in [-0.3, -0.25) is 4.79 Å². The number of hydrazone groups is 1. The maximum Gasteiger partial charge on any atom is 0.272 e. The van der Waals surface area contributed by atoms with E-state index in [0.29, 0.717) is 16.3 Å². The summed E-state index contributed by atoms with van der Waals surface area (Å²) in [6, 6.07) is 24.0. The number of amides is 1. The molecule has 148 valence electrons. The van der Waals surface area contributed by atoms with E-state index in [9.17, 15) is 4.79 Å². The molecule has 1 amide bonds. The van der Waals surface area contributed by atoms with Gasteiger partial charge in [0, 0.05) is 16.0 Å². The lowest BCUT2D eigenvalue weighted by atomic mass is 10.0. The van der Waals surface area contributed by atoms with E-state index in [1.54, 1.807) is 31.5 Å². The van der Waals surface area contributed by atoms with Crippen LogP contribution in [0.25, 0.3) is 22.2 Å². The van der Waals surface area contributed by atoms with Crippen molar-refractivity contribution in [3.05, 3.63) is 95.0 Å². The number of aromatic nitrogens is 1. The minimum absolute atomic E-state index is 0.317. The van der Waals surface area contributed by atoms with Gasteiger partial charge < -0.3 is 4.74 Å². The van der Waals surface area contributed by atoms with Gasteiger partial charge in [0.15, 0.2) is 0 Å². The highest BCUT2D eigenvalue weighted by molar-refractivity contribution is 6.30. The van der Waals surface area contributed by atoms with E-state index < -0.39 is 0 Å². The third kappa shape index (κ3) is 4.31. The number of benzene rings is 3. The van der Waals surface area contributed by atoms with E-state index in [0.717, 1.165) is 27.8 Å². The van der Waals surface area contributed by atoms with Gasteiger partial charge in [-0.15, -0.1) is 0 Å². The maximum absolute atomic E-state index is 12.9. The molecule has 4 rings (SSSR count). The van der Waals surface area contributed by atoms with Crippen molar-refractivity contribution in [2.75, 3.05) is 7.11 Å². The molecular formula is C24H18ClN3O2. The molecule has 0 unspecified atom stereocenters. The zero-order chi connectivity index (χ0) is 20.9. The number of methoxy groups -OCH3 is 1. The number of rotatable bonds is 5. The monoisotopic (exact) mass is 415 g/mol. The number of hydrogen-bond donors (Lipinski definition) is 1. The second kappa shape index (κ2) is 8.76. The van der Waals surface area contributed by atoms with Crippen LogP contribution < -0.4 is 10.2 Å². The summed E-state index contributed by atoms with van der Waals surface area (Å²) in [5.41, 5.74) is 6.21. The molecule has 0 saturated heterocycles. The fourth-order valence-electron chi connectivity index (χ4n) is 3.08. The summed E-state index contributed by atoms with van der Waals surface area (Å²) < 4.78 is 5.20. The molecular weight excluding hydrogens is 398 g/mol. The Labute approximate surface area is 179 Å². The van der Waals surface area contributed by atoms with Gasteiger partial charge in [-0.05, 0) is 42.0 Å². The second-order valence-electron chi connectivity index (χ2n) is 6.55. The Kier molecular flexibility index (Phi) is 5.72. The number of carbonyl (C=O) groups excluding carboxylic acids is 1. The highest BCUT2D eigenvalue weighted by atomic mass is 35.5. The Morgan fingerprint density at radius 2 is 1.83 bits per heavy atom. The second-order valence-corrected chi connectivity index (χ2v) is 6.99. The van der Waals surface area contributed by atoms with Crippen LogP contribution in [0.1, 0.15) is 15.9 Å². The number of fused-ring (bicyclic) bond motifs is 1. The molecule has 0 atom stereocenters. The van der Waals surface area contributed by atoms with Crippen LogP contribution >= 0.6 is 11.6 Å². The number of nitrogens with one attached hydrogen (secondary N) is 1. The first-order valence-electron chi connectivity index (χ1n) is 9.27. The largest absolute Gasteiger partial charge is 0.497 e. The molecule has 0 bridgehead atoms. The molecule has 0 spiro atoms. The molecule has 1 aromatic heterocycles. The summed E-state index contributed by atoms with van der Waals surface area (Å²) in [5.74, 6) is 0.404. The smallest absolute Gasteiger partial charge is 0.272 e. The minimum Gasteiger partial charge on any atom is -0.497 e. The van der Waals surface area contributed by atoms with E-state index >= 15 is 0 Å². The van der Waals surface area contributed by atoms with Crippen molar-refractivity contribution in [2.45, 2.75) is 0 Å². The van der Waals surface area contributed by atoms with Gasteiger partial charge in [0.2, 0.25) is 0 Å². The zero-order valence-electron chi connectivity index (χ0n) is 16.2. The molecule has 1 heterocycles. The van der Waals surface area contributed by atoms with Crippen molar-refractivity contribution in [3.63, 3.8) is 0 Å². The van der Waals surface area contributed by atoms with Gasteiger partial charge >= 0.3 is 0 Å². The van der Waals surface area contributed by atoms with Gasteiger partial charge in [0.25, 0.3) is 5.91 Å². The first kappa shape index (κ1) is 19.6. The standard InChI is InChI=1S/C24H18ClN3O2/c1-30-19-6-4-5-16(13-19)15-26-28-24(29)21-14-23(17-9-11-18(25)12-10-17)27-22-8-3-2-7-20(21)22/h2-15H,1H3,(H,28,29)/b26-15-. The lowest BCUT2D eigenvalue weighted by molar-refractivity contribution is 0.0956. The van der Waals surface area contributed by atoms with Crippen molar-refractivity contribution in [1.29, 1.82) is 0 Å². The highest BCUT2D eigenvalue weighted by Crippen LogP contribution is 2.26. The average Bonchev–Trinajstić information content (AvgIpc) is 2.79. The first-order valence-corrected chi connectivity index (χ1v) is 9.65.